The molecule has 1 aromatic carbocycles. The summed E-state index contributed by atoms with van der Waals surface area (Å²) in [5.74, 6) is 0. The normalized spacial score (nSPS) is 11.0. The van der Waals surface area contributed by atoms with E-state index in [0.29, 0.717) is 0 Å². The Kier molecular flexibility index (Phi) is 2.41. The van der Waals surface area contributed by atoms with Crippen LogP contribution in [0.1, 0.15) is 0 Å². The predicted molar refractivity (Wildman–Crippen MR) is 39.4 cm³/mol. The summed E-state index contributed by atoms with van der Waals surface area (Å²) in [5.41, 5.74) is 0. The second kappa shape index (κ2) is 3.12. The van der Waals surface area contributed by atoms with Crippen LogP contribution in [0, 0.1) is 0 Å². The van der Waals surface area contributed by atoms with Crippen molar-refractivity contribution in [3.63, 3.8) is 0 Å². The van der Waals surface area contributed by atoms with Gasteiger partial charge in [0, 0.05) is 0 Å². The van der Waals surface area contributed by atoms with E-state index in [2.05, 4.69) is 15.6 Å². The summed E-state index contributed by atoms with van der Waals surface area (Å²) in [7, 11) is 0. The molecular formula is C6H5OPSe+. The molecule has 3 heteroatoms. The zero-order valence-corrected chi connectivity index (χ0v) is 7.26. The van der Waals surface area contributed by atoms with Crippen molar-refractivity contribution in [1.29, 1.82) is 0 Å². The van der Waals surface area contributed by atoms with Crippen LogP contribution in [0.5, 0.6) is 0 Å². The van der Waals surface area contributed by atoms with E-state index in [4.69, 9.17) is 0 Å². The van der Waals surface area contributed by atoms with Crippen LogP contribution in [-0.4, -0.2) is 15.6 Å². The van der Waals surface area contributed by atoms with Crippen molar-refractivity contribution in [2.45, 2.75) is 0 Å². The predicted octanol–water partition coefficient (Wildman–Crippen LogP) is 1.22. The molecule has 0 aliphatic carbocycles. The van der Waals surface area contributed by atoms with Crippen LogP contribution in [0.2, 0.25) is 0 Å². The maximum absolute atomic E-state index is 10.7. The van der Waals surface area contributed by atoms with Crippen molar-refractivity contribution in [3.05, 3.63) is 30.3 Å². The van der Waals surface area contributed by atoms with Gasteiger partial charge in [0.1, 0.15) is 0 Å². The molecule has 0 heterocycles. The van der Waals surface area contributed by atoms with E-state index in [1.54, 1.807) is 0 Å². The van der Waals surface area contributed by atoms with Gasteiger partial charge < -0.3 is 0 Å². The quantitative estimate of drug-likeness (QED) is 0.495. The summed E-state index contributed by atoms with van der Waals surface area (Å²) in [6.45, 7) is -1.27. The van der Waals surface area contributed by atoms with E-state index >= 15 is 0 Å². The van der Waals surface area contributed by atoms with Crippen LogP contribution in [0.15, 0.2) is 30.3 Å². The fourth-order valence-electron chi connectivity index (χ4n) is 0.550. The van der Waals surface area contributed by atoms with Gasteiger partial charge in [-0.2, -0.15) is 0 Å². The molecule has 0 bridgehead atoms. The monoisotopic (exact) mass is 204 g/mol. The SMILES string of the molecule is O=[P+]([Se])c1ccccc1. The molecule has 0 N–H and O–H groups in total. The third-order valence-electron chi connectivity index (χ3n) is 0.967. The van der Waals surface area contributed by atoms with Crippen LogP contribution >= 0.6 is 6.49 Å². The van der Waals surface area contributed by atoms with Gasteiger partial charge in [-0.05, 0) is 0 Å². The Hall–Kier alpha value is -0.161. The average Bonchev–Trinajstić information content (AvgIpc) is 1.90. The minimum atomic E-state index is -1.27. The summed E-state index contributed by atoms with van der Waals surface area (Å²) in [5, 5.41) is 0.868. The van der Waals surface area contributed by atoms with Gasteiger partial charge in [0.15, 0.2) is 0 Å². The third-order valence-corrected chi connectivity index (χ3v) is 3.01. The first-order valence-electron chi connectivity index (χ1n) is 2.50. The van der Waals surface area contributed by atoms with Crippen molar-refractivity contribution >= 4 is 27.4 Å². The van der Waals surface area contributed by atoms with Crippen LogP contribution in [0.25, 0.3) is 0 Å². The summed E-state index contributed by atoms with van der Waals surface area (Å²) in [6.07, 6.45) is 0. The summed E-state index contributed by atoms with van der Waals surface area (Å²) < 4.78 is 10.7. The first-order chi connectivity index (χ1) is 4.30. The van der Waals surface area contributed by atoms with E-state index in [-0.39, 0.29) is 0 Å². The molecule has 0 amide bonds. The topological polar surface area (TPSA) is 17.1 Å². The van der Waals surface area contributed by atoms with Crippen molar-refractivity contribution in [2.75, 3.05) is 0 Å². The van der Waals surface area contributed by atoms with Gasteiger partial charge in [0.2, 0.25) is 0 Å². The van der Waals surface area contributed by atoms with Gasteiger partial charge in [-0.25, -0.2) is 0 Å². The molecule has 45 valence electrons. The number of benzene rings is 1. The van der Waals surface area contributed by atoms with Crippen molar-refractivity contribution < 1.29 is 4.57 Å². The fraction of sp³-hybridized carbons (Fsp3) is 0. The summed E-state index contributed by atoms with van der Waals surface area (Å²) in [4.78, 5) is 0. The van der Waals surface area contributed by atoms with E-state index in [9.17, 15) is 4.57 Å². The Morgan fingerprint density at radius 2 is 1.78 bits per heavy atom. The van der Waals surface area contributed by atoms with Gasteiger partial charge in [-0.15, -0.1) is 0 Å². The molecule has 9 heavy (non-hydrogen) atoms. The molecule has 0 saturated heterocycles. The van der Waals surface area contributed by atoms with E-state index in [1.165, 1.54) is 0 Å². The molecule has 1 radical (unpaired) electrons. The Morgan fingerprint density at radius 1 is 1.22 bits per heavy atom. The van der Waals surface area contributed by atoms with Gasteiger partial charge in [-0.1, -0.05) is 0 Å². The Balaban J connectivity index is 2.98. The van der Waals surface area contributed by atoms with E-state index < -0.39 is 6.49 Å². The molecule has 1 rings (SSSR count). The van der Waals surface area contributed by atoms with Crippen LogP contribution in [0.3, 0.4) is 0 Å². The zero-order chi connectivity index (χ0) is 6.69. The number of hydrogen-bond acceptors (Lipinski definition) is 1. The Bertz CT molecular complexity index is 210. The average molecular weight is 203 g/mol. The second-order valence-corrected chi connectivity index (χ2v) is 4.71. The first-order valence-corrected chi connectivity index (χ1v) is 5.98. The molecule has 1 aromatic rings. The summed E-state index contributed by atoms with van der Waals surface area (Å²) in [6, 6.07) is 9.34. The van der Waals surface area contributed by atoms with Crippen LogP contribution < -0.4 is 5.30 Å². The van der Waals surface area contributed by atoms with Gasteiger partial charge in [0.05, 0.1) is 0 Å². The third kappa shape index (κ3) is 1.91. The molecule has 0 aromatic heterocycles. The summed E-state index contributed by atoms with van der Waals surface area (Å²) >= 11 is 2.57. The van der Waals surface area contributed by atoms with E-state index in [1.807, 2.05) is 30.3 Å². The molecule has 1 atom stereocenters. The molecule has 1 nitrogen and oxygen atoms in total. The van der Waals surface area contributed by atoms with Gasteiger partial charge >= 0.3 is 62.3 Å². The molecule has 1 unspecified atom stereocenters. The molecule has 0 aliphatic rings. The second-order valence-electron chi connectivity index (χ2n) is 1.59. The van der Waals surface area contributed by atoms with Crippen molar-refractivity contribution in [2.24, 2.45) is 0 Å². The van der Waals surface area contributed by atoms with Crippen LogP contribution in [-0.2, 0) is 4.57 Å². The van der Waals surface area contributed by atoms with Crippen molar-refractivity contribution in [3.8, 4) is 0 Å². The minimum absolute atomic E-state index is 0.868. The van der Waals surface area contributed by atoms with E-state index in [0.717, 1.165) is 5.30 Å². The Labute approximate surface area is 62.7 Å². The van der Waals surface area contributed by atoms with Gasteiger partial charge in [0.25, 0.3) is 0 Å². The maximum atomic E-state index is 10.7. The van der Waals surface area contributed by atoms with Crippen molar-refractivity contribution in [1.82, 2.24) is 0 Å². The fourth-order valence-corrected chi connectivity index (χ4v) is 1.73. The van der Waals surface area contributed by atoms with Crippen LogP contribution in [0.4, 0.5) is 0 Å². The molecule has 0 spiro atoms. The first kappa shape index (κ1) is 6.95. The molecule has 0 saturated carbocycles. The number of rotatable bonds is 1. The zero-order valence-electron chi connectivity index (χ0n) is 4.65. The molecular weight excluding hydrogens is 198 g/mol. The molecule has 0 aliphatic heterocycles. The standard InChI is InChI=1S/C6H5OPSe/c7-8(9)6-4-2-1-3-5-6/h1-5H/q+1. The van der Waals surface area contributed by atoms with Gasteiger partial charge in [-0.3, -0.25) is 0 Å². The molecule has 0 fully saturated rings. The Morgan fingerprint density at radius 3 is 2.11 bits per heavy atom. The number of hydrogen-bond donors (Lipinski definition) is 0.